The van der Waals surface area contributed by atoms with E-state index in [1.54, 1.807) is 13.2 Å². The third kappa shape index (κ3) is 3.65. The van der Waals surface area contributed by atoms with E-state index < -0.39 is 0 Å². The number of hydrogen-bond donors (Lipinski definition) is 1. The number of hydrogen-bond acceptors (Lipinski definition) is 5. The molecular weight excluding hydrogens is 266 g/mol. The Balaban J connectivity index is 2.17. The summed E-state index contributed by atoms with van der Waals surface area (Å²) in [7, 11) is 1.58. The number of ether oxygens (including phenoxy) is 1. The summed E-state index contributed by atoms with van der Waals surface area (Å²) in [5, 5.41) is 7.85. The number of rotatable bonds is 5. The van der Waals surface area contributed by atoms with Gasteiger partial charge >= 0.3 is 0 Å². The Bertz CT molecular complexity index is 555. The summed E-state index contributed by atoms with van der Waals surface area (Å²) >= 11 is 5.94. The SMILES string of the molecule is COCc1nc(Cl)cc(Nc2ccn(C(C)C)n2)n1. The minimum atomic E-state index is 0.314. The van der Waals surface area contributed by atoms with E-state index in [0.717, 1.165) is 0 Å². The molecule has 0 radical (unpaired) electrons. The third-order valence-electron chi connectivity index (χ3n) is 2.41. The van der Waals surface area contributed by atoms with Crippen LogP contribution in [0.5, 0.6) is 0 Å². The molecular formula is C12H16ClN5O. The predicted molar refractivity (Wildman–Crippen MR) is 73.6 cm³/mol. The normalized spacial score (nSPS) is 11.0. The average molecular weight is 282 g/mol. The molecule has 2 aromatic heterocycles. The molecule has 2 rings (SSSR count). The monoisotopic (exact) mass is 281 g/mol. The number of nitrogens with one attached hydrogen (secondary N) is 1. The van der Waals surface area contributed by atoms with E-state index in [2.05, 4.69) is 34.2 Å². The molecule has 0 fully saturated rings. The summed E-state index contributed by atoms with van der Waals surface area (Å²) in [5.41, 5.74) is 0. The van der Waals surface area contributed by atoms with Crippen molar-refractivity contribution in [2.24, 2.45) is 0 Å². The van der Waals surface area contributed by atoms with Crippen molar-refractivity contribution in [1.29, 1.82) is 0 Å². The maximum Gasteiger partial charge on any atom is 0.158 e. The molecule has 7 heteroatoms. The summed E-state index contributed by atoms with van der Waals surface area (Å²) in [5.74, 6) is 1.84. The lowest BCUT2D eigenvalue weighted by Gasteiger charge is -2.06. The second-order valence-electron chi connectivity index (χ2n) is 4.32. The van der Waals surface area contributed by atoms with E-state index in [9.17, 15) is 0 Å². The van der Waals surface area contributed by atoms with E-state index >= 15 is 0 Å². The van der Waals surface area contributed by atoms with Crippen LogP contribution in [-0.2, 0) is 11.3 Å². The molecule has 1 N–H and O–H groups in total. The highest BCUT2D eigenvalue weighted by Gasteiger charge is 2.06. The first-order chi connectivity index (χ1) is 9.08. The van der Waals surface area contributed by atoms with Crippen molar-refractivity contribution in [3.63, 3.8) is 0 Å². The lowest BCUT2D eigenvalue weighted by molar-refractivity contribution is 0.178. The largest absolute Gasteiger partial charge is 0.377 e. The van der Waals surface area contributed by atoms with Gasteiger partial charge in [0.25, 0.3) is 0 Å². The van der Waals surface area contributed by atoms with Gasteiger partial charge in [-0.15, -0.1) is 0 Å². The van der Waals surface area contributed by atoms with Crippen LogP contribution in [0.15, 0.2) is 18.3 Å². The lowest BCUT2D eigenvalue weighted by atomic mass is 10.4. The fourth-order valence-electron chi connectivity index (χ4n) is 1.55. The third-order valence-corrected chi connectivity index (χ3v) is 2.60. The molecule has 0 aliphatic heterocycles. The predicted octanol–water partition coefficient (Wildman–Crippen LogP) is 2.80. The van der Waals surface area contributed by atoms with Crippen molar-refractivity contribution in [3.05, 3.63) is 29.3 Å². The molecule has 0 saturated carbocycles. The molecule has 0 atom stereocenters. The fraction of sp³-hybridized carbons (Fsp3) is 0.417. The summed E-state index contributed by atoms with van der Waals surface area (Å²) in [6, 6.07) is 3.84. The number of anilines is 2. The van der Waals surface area contributed by atoms with Gasteiger partial charge in [-0.05, 0) is 13.8 Å². The topological polar surface area (TPSA) is 64.9 Å². The molecule has 0 aliphatic rings. The van der Waals surface area contributed by atoms with Crippen LogP contribution in [0.1, 0.15) is 25.7 Å². The molecule has 2 heterocycles. The van der Waals surface area contributed by atoms with E-state index in [0.29, 0.717) is 35.3 Å². The lowest BCUT2D eigenvalue weighted by Crippen LogP contribution is -2.04. The zero-order valence-corrected chi connectivity index (χ0v) is 11.8. The van der Waals surface area contributed by atoms with Crippen molar-refractivity contribution in [3.8, 4) is 0 Å². The van der Waals surface area contributed by atoms with Crippen molar-refractivity contribution >= 4 is 23.2 Å². The number of halogens is 1. The zero-order valence-electron chi connectivity index (χ0n) is 11.1. The number of aromatic nitrogens is 4. The van der Waals surface area contributed by atoms with Crippen LogP contribution in [0.25, 0.3) is 0 Å². The van der Waals surface area contributed by atoms with Crippen LogP contribution in [0.2, 0.25) is 5.15 Å². The molecule has 0 amide bonds. The second kappa shape index (κ2) is 5.99. The van der Waals surface area contributed by atoms with Crippen molar-refractivity contribution < 1.29 is 4.74 Å². The molecule has 0 unspecified atom stereocenters. The van der Waals surface area contributed by atoms with Crippen molar-refractivity contribution in [1.82, 2.24) is 19.7 Å². The quantitative estimate of drug-likeness (QED) is 0.854. The van der Waals surface area contributed by atoms with Gasteiger partial charge in [-0.1, -0.05) is 11.6 Å². The average Bonchev–Trinajstić information content (AvgIpc) is 2.77. The molecule has 19 heavy (non-hydrogen) atoms. The Morgan fingerprint density at radius 1 is 1.37 bits per heavy atom. The summed E-state index contributed by atoms with van der Waals surface area (Å²) < 4.78 is 6.85. The Kier molecular flexibility index (Phi) is 4.34. The van der Waals surface area contributed by atoms with Crippen molar-refractivity contribution in [2.75, 3.05) is 12.4 Å². The molecule has 0 saturated heterocycles. The van der Waals surface area contributed by atoms with Gasteiger partial charge in [-0.25, -0.2) is 9.97 Å². The number of methoxy groups -OCH3 is 1. The van der Waals surface area contributed by atoms with Crippen LogP contribution in [0.4, 0.5) is 11.6 Å². The summed E-state index contributed by atoms with van der Waals surface area (Å²) in [6.07, 6.45) is 1.91. The van der Waals surface area contributed by atoms with Gasteiger partial charge in [-0.2, -0.15) is 5.10 Å². The van der Waals surface area contributed by atoms with E-state index in [4.69, 9.17) is 16.3 Å². The minimum Gasteiger partial charge on any atom is -0.377 e. The second-order valence-corrected chi connectivity index (χ2v) is 4.71. The molecule has 102 valence electrons. The highest BCUT2D eigenvalue weighted by molar-refractivity contribution is 6.29. The van der Waals surface area contributed by atoms with Crippen LogP contribution in [0.3, 0.4) is 0 Å². The molecule has 6 nitrogen and oxygen atoms in total. The van der Waals surface area contributed by atoms with Gasteiger partial charge in [0.15, 0.2) is 11.6 Å². The van der Waals surface area contributed by atoms with Gasteiger partial charge in [0.05, 0.1) is 0 Å². The fourth-order valence-corrected chi connectivity index (χ4v) is 1.75. The molecule has 2 aromatic rings. The van der Waals surface area contributed by atoms with Crippen LogP contribution >= 0.6 is 11.6 Å². The van der Waals surface area contributed by atoms with Gasteiger partial charge in [0.1, 0.15) is 17.6 Å². The summed E-state index contributed by atoms with van der Waals surface area (Å²) in [6.45, 7) is 4.44. The van der Waals surface area contributed by atoms with Crippen molar-refractivity contribution in [2.45, 2.75) is 26.5 Å². The Hall–Kier alpha value is -1.66. The number of nitrogens with zero attached hydrogens (tertiary/aromatic N) is 4. The summed E-state index contributed by atoms with van der Waals surface area (Å²) in [4.78, 5) is 8.35. The maximum absolute atomic E-state index is 5.94. The van der Waals surface area contributed by atoms with Gasteiger partial charge < -0.3 is 10.1 Å². The van der Waals surface area contributed by atoms with Gasteiger partial charge in [-0.3, -0.25) is 4.68 Å². The van der Waals surface area contributed by atoms with Gasteiger partial charge in [0.2, 0.25) is 0 Å². The highest BCUT2D eigenvalue weighted by Crippen LogP contribution is 2.17. The Morgan fingerprint density at radius 2 is 2.16 bits per heavy atom. The van der Waals surface area contributed by atoms with E-state index in [1.165, 1.54) is 0 Å². The first-order valence-corrected chi connectivity index (χ1v) is 6.31. The standard InChI is InChI=1S/C12H16ClN5O/c1-8(2)18-5-4-10(17-18)15-11-6-9(13)14-12(16-11)7-19-3/h4-6,8H,7H2,1-3H3,(H,14,15,16,17). The van der Waals surface area contributed by atoms with E-state index in [1.807, 2.05) is 16.9 Å². The first-order valence-electron chi connectivity index (χ1n) is 5.93. The van der Waals surface area contributed by atoms with Crippen LogP contribution in [-0.4, -0.2) is 26.9 Å². The molecule has 0 aliphatic carbocycles. The van der Waals surface area contributed by atoms with E-state index in [-0.39, 0.29) is 0 Å². The first kappa shape index (κ1) is 13.8. The zero-order chi connectivity index (χ0) is 13.8. The molecule has 0 bridgehead atoms. The smallest absolute Gasteiger partial charge is 0.158 e. The van der Waals surface area contributed by atoms with Crippen LogP contribution < -0.4 is 5.32 Å². The van der Waals surface area contributed by atoms with Crippen LogP contribution in [0, 0.1) is 0 Å². The Labute approximate surface area is 116 Å². The maximum atomic E-state index is 5.94. The van der Waals surface area contributed by atoms with Gasteiger partial charge in [0, 0.05) is 31.5 Å². The molecule has 0 spiro atoms. The highest BCUT2D eigenvalue weighted by atomic mass is 35.5. The molecule has 0 aromatic carbocycles. The Morgan fingerprint density at radius 3 is 2.79 bits per heavy atom. The minimum absolute atomic E-state index is 0.314.